The van der Waals surface area contributed by atoms with Crippen molar-refractivity contribution in [2.24, 2.45) is 0 Å². The molecule has 2 aromatic heterocycles. The summed E-state index contributed by atoms with van der Waals surface area (Å²) in [5.74, 6) is 0.0386. The first-order valence-electron chi connectivity index (χ1n) is 8.37. The zero-order chi connectivity index (χ0) is 16.4. The summed E-state index contributed by atoms with van der Waals surface area (Å²) in [6, 6.07) is 6.04. The molecule has 4 rings (SSSR count). The van der Waals surface area contributed by atoms with Crippen LogP contribution in [0.15, 0.2) is 47.5 Å². The summed E-state index contributed by atoms with van der Waals surface area (Å²) in [6.45, 7) is 3.92. The van der Waals surface area contributed by atoms with E-state index >= 15 is 0 Å². The number of aromatic nitrogens is 1. The molecule has 2 aliphatic heterocycles. The SMILES string of the molecule is O=C(c1ccoc1)N1CC[C@H]2OCCN(Cc3ccncc3)[C@@H]2C1. The second-order valence-electron chi connectivity index (χ2n) is 6.35. The van der Waals surface area contributed by atoms with E-state index < -0.39 is 0 Å². The van der Waals surface area contributed by atoms with Crippen LogP contribution in [0, 0.1) is 0 Å². The molecular formula is C18H21N3O3. The van der Waals surface area contributed by atoms with Gasteiger partial charge in [0.05, 0.1) is 30.6 Å². The Balaban J connectivity index is 1.48. The predicted molar refractivity (Wildman–Crippen MR) is 87.4 cm³/mol. The van der Waals surface area contributed by atoms with Crippen molar-refractivity contribution < 1.29 is 13.9 Å². The van der Waals surface area contributed by atoms with Crippen molar-refractivity contribution in [1.82, 2.24) is 14.8 Å². The number of hydrogen-bond acceptors (Lipinski definition) is 5. The maximum Gasteiger partial charge on any atom is 0.257 e. The highest BCUT2D eigenvalue weighted by Gasteiger charge is 2.38. The van der Waals surface area contributed by atoms with Gasteiger partial charge in [-0.05, 0) is 30.2 Å². The third-order valence-corrected chi connectivity index (χ3v) is 4.89. The van der Waals surface area contributed by atoms with Crippen LogP contribution < -0.4 is 0 Å². The molecule has 2 saturated heterocycles. The zero-order valence-corrected chi connectivity index (χ0v) is 13.5. The van der Waals surface area contributed by atoms with Crippen molar-refractivity contribution in [3.63, 3.8) is 0 Å². The lowest BCUT2D eigenvalue weighted by molar-refractivity contribution is -0.101. The van der Waals surface area contributed by atoms with E-state index in [2.05, 4.69) is 9.88 Å². The number of ether oxygens (including phenoxy) is 1. The van der Waals surface area contributed by atoms with Crippen LogP contribution in [0.4, 0.5) is 0 Å². The van der Waals surface area contributed by atoms with Crippen molar-refractivity contribution in [3.8, 4) is 0 Å². The number of carbonyl (C=O) groups excluding carboxylic acids is 1. The van der Waals surface area contributed by atoms with Crippen molar-refractivity contribution in [3.05, 3.63) is 54.2 Å². The first kappa shape index (κ1) is 15.4. The van der Waals surface area contributed by atoms with Crippen molar-refractivity contribution in [2.75, 3.05) is 26.2 Å². The second-order valence-corrected chi connectivity index (χ2v) is 6.35. The Morgan fingerprint density at radius 3 is 2.92 bits per heavy atom. The van der Waals surface area contributed by atoms with Gasteiger partial charge in [0, 0.05) is 38.6 Å². The maximum atomic E-state index is 12.6. The van der Waals surface area contributed by atoms with E-state index in [1.165, 1.54) is 11.8 Å². The number of nitrogens with zero attached hydrogens (tertiary/aromatic N) is 3. The monoisotopic (exact) mass is 327 g/mol. The standard InChI is InChI=1S/C18H21N3O3/c22-18(15-4-9-23-13-15)21-7-3-17-16(12-21)20(8-10-24-17)11-14-1-5-19-6-2-14/h1-2,4-6,9,13,16-17H,3,7-8,10-12H2/t16-,17-/m1/s1. The van der Waals surface area contributed by atoms with Crippen LogP contribution in [-0.2, 0) is 11.3 Å². The molecule has 0 aromatic carbocycles. The van der Waals surface area contributed by atoms with Gasteiger partial charge in [-0.25, -0.2) is 0 Å². The Morgan fingerprint density at radius 1 is 1.25 bits per heavy atom. The molecule has 6 heteroatoms. The molecule has 126 valence electrons. The fourth-order valence-electron chi connectivity index (χ4n) is 3.61. The number of furan rings is 1. The van der Waals surface area contributed by atoms with E-state index in [-0.39, 0.29) is 18.1 Å². The number of carbonyl (C=O) groups is 1. The van der Waals surface area contributed by atoms with Gasteiger partial charge in [-0.3, -0.25) is 14.7 Å². The van der Waals surface area contributed by atoms with Crippen LogP contribution in [-0.4, -0.2) is 59.1 Å². The molecule has 1 amide bonds. The van der Waals surface area contributed by atoms with Gasteiger partial charge >= 0.3 is 0 Å². The predicted octanol–water partition coefficient (Wildman–Crippen LogP) is 1.79. The third kappa shape index (κ3) is 3.07. The lowest BCUT2D eigenvalue weighted by Crippen LogP contribution is -2.60. The molecule has 0 N–H and O–H groups in total. The average Bonchev–Trinajstić information content (AvgIpc) is 3.17. The summed E-state index contributed by atoms with van der Waals surface area (Å²) in [5.41, 5.74) is 1.86. The molecule has 4 heterocycles. The van der Waals surface area contributed by atoms with Crippen molar-refractivity contribution in [2.45, 2.75) is 25.1 Å². The first-order chi connectivity index (χ1) is 11.8. The van der Waals surface area contributed by atoms with E-state index in [1.807, 2.05) is 29.4 Å². The molecule has 0 saturated carbocycles. The quantitative estimate of drug-likeness (QED) is 0.860. The second kappa shape index (κ2) is 6.75. The summed E-state index contributed by atoms with van der Waals surface area (Å²) in [6.07, 6.45) is 7.78. The fraction of sp³-hybridized carbons (Fsp3) is 0.444. The van der Waals surface area contributed by atoms with Crippen LogP contribution in [0.1, 0.15) is 22.3 Å². The van der Waals surface area contributed by atoms with Gasteiger partial charge in [0.25, 0.3) is 5.91 Å². The molecule has 2 aromatic rings. The molecule has 0 radical (unpaired) electrons. The summed E-state index contributed by atoms with van der Waals surface area (Å²) in [7, 11) is 0. The molecular weight excluding hydrogens is 306 g/mol. The minimum Gasteiger partial charge on any atom is -0.472 e. The Hall–Kier alpha value is -2.18. The summed E-state index contributed by atoms with van der Waals surface area (Å²) in [5, 5.41) is 0. The molecule has 0 bridgehead atoms. The van der Waals surface area contributed by atoms with Crippen LogP contribution in [0.2, 0.25) is 0 Å². The molecule has 0 unspecified atom stereocenters. The van der Waals surface area contributed by atoms with E-state index in [1.54, 1.807) is 12.3 Å². The Morgan fingerprint density at radius 2 is 2.12 bits per heavy atom. The van der Waals surface area contributed by atoms with Crippen LogP contribution in [0.3, 0.4) is 0 Å². The van der Waals surface area contributed by atoms with Gasteiger partial charge in [0.1, 0.15) is 6.26 Å². The van der Waals surface area contributed by atoms with E-state index in [0.29, 0.717) is 12.1 Å². The Labute approximate surface area is 141 Å². The van der Waals surface area contributed by atoms with E-state index in [4.69, 9.17) is 9.15 Å². The minimum absolute atomic E-state index is 0.0386. The highest BCUT2D eigenvalue weighted by Crippen LogP contribution is 2.25. The number of hydrogen-bond donors (Lipinski definition) is 0. The van der Waals surface area contributed by atoms with E-state index in [9.17, 15) is 4.79 Å². The molecule has 0 spiro atoms. The van der Waals surface area contributed by atoms with Gasteiger partial charge < -0.3 is 14.1 Å². The van der Waals surface area contributed by atoms with Gasteiger partial charge in [0.15, 0.2) is 0 Å². The van der Waals surface area contributed by atoms with Gasteiger partial charge in [-0.2, -0.15) is 0 Å². The maximum absolute atomic E-state index is 12.6. The summed E-state index contributed by atoms with van der Waals surface area (Å²) < 4.78 is 11.0. The Bertz CT molecular complexity index is 674. The largest absolute Gasteiger partial charge is 0.472 e. The number of fused-ring (bicyclic) bond motifs is 1. The summed E-state index contributed by atoms with van der Waals surface area (Å²) in [4.78, 5) is 21.0. The minimum atomic E-state index is 0.0386. The fourth-order valence-corrected chi connectivity index (χ4v) is 3.61. The zero-order valence-electron chi connectivity index (χ0n) is 13.5. The molecule has 24 heavy (non-hydrogen) atoms. The molecule has 2 aliphatic rings. The van der Waals surface area contributed by atoms with E-state index in [0.717, 1.165) is 32.7 Å². The number of morpholine rings is 1. The lowest BCUT2D eigenvalue weighted by Gasteiger charge is -2.47. The van der Waals surface area contributed by atoms with Crippen LogP contribution in [0.25, 0.3) is 0 Å². The molecule has 2 fully saturated rings. The molecule has 6 nitrogen and oxygen atoms in total. The molecule has 2 atom stereocenters. The average molecular weight is 327 g/mol. The van der Waals surface area contributed by atoms with Gasteiger partial charge in [0.2, 0.25) is 0 Å². The van der Waals surface area contributed by atoms with Crippen LogP contribution in [0.5, 0.6) is 0 Å². The number of pyridine rings is 1. The highest BCUT2D eigenvalue weighted by atomic mass is 16.5. The van der Waals surface area contributed by atoms with Gasteiger partial charge in [-0.15, -0.1) is 0 Å². The van der Waals surface area contributed by atoms with Crippen molar-refractivity contribution in [1.29, 1.82) is 0 Å². The van der Waals surface area contributed by atoms with Crippen LogP contribution >= 0.6 is 0 Å². The summed E-state index contributed by atoms with van der Waals surface area (Å²) >= 11 is 0. The number of amides is 1. The first-order valence-corrected chi connectivity index (χ1v) is 8.37. The smallest absolute Gasteiger partial charge is 0.257 e. The lowest BCUT2D eigenvalue weighted by atomic mass is 9.97. The highest BCUT2D eigenvalue weighted by molar-refractivity contribution is 5.93. The topological polar surface area (TPSA) is 58.8 Å². The molecule has 0 aliphatic carbocycles. The van der Waals surface area contributed by atoms with Gasteiger partial charge in [-0.1, -0.05) is 0 Å². The Kier molecular flexibility index (Phi) is 4.32. The van der Waals surface area contributed by atoms with Crippen molar-refractivity contribution >= 4 is 5.91 Å². The normalized spacial score (nSPS) is 24.6. The third-order valence-electron chi connectivity index (χ3n) is 4.89. The number of rotatable bonds is 3. The number of likely N-dealkylation sites (tertiary alicyclic amines) is 1. The number of piperidine rings is 1.